The van der Waals surface area contributed by atoms with Gasteiger partial charge < -0.3 is 10.5 Å². The number of carbonyl (C=O) groups is 1. The average molecular weight is 303 g/mol. The highest BCUT2D eigenvalue weighted by Gasteiger charge is 2.31. The zero-order chi connectivity index (χ0) is 15.0. The molecule has 1 amide bonds. The Labute approximate surface area is 125 Å². The molecule has 0 saturated heterocycles. The molecule has 2 aromatic rings. The topological polar surface area (TPSA) is 88.7 Å². The van der Waals surface area contributed by atoms with Crippen LogP contribution in [0.2, 0.25) is 0 Å². The quantitative estimate of drug-likeness (QED) is 0.903. The molecule has 0 radical (unpaired) electrons. The number of rotatable bonds is 3. The molecule has 1 aromatic carbocycles. The van der Waals surface area contributed by atoms with E-state index in [1.807, 2.05) is 6.07 Å². The first-order valence-corrected chi connectivity index (χ1v) is 7.06. The van der Waals surface area contributed by atoms with Crippen molar-refractivity contribution in [1.82, 2.24) is 4.98 Å². The predicted molar refractivity (Wildman–Crippen MR) is 78.6 cm³/mol. The SMILES string of the molecule is COc1cc(C2Sc3cc(C(N)=O)ccc3N2O)ccn1. The van der Waals surface area contributed by atoms with Gasteiger partial charge in [0.05, 0.1) is 12.8 Å². The van der Waals surface area contributed by atoms with Gasteiger partial charge in [0.15, 0.2) is 0 Å². The van der Waals surface area contributed by atoms with Crippen LogP contribution in [-0.2, 0) is 0 Å². The summed E-state index contributed by atoms with van der Waals surface area (Å²) in [5, 5.41) is 11.2. The smallest absolute Gasteiger partial charge is 0.248 e. The van der Waals surface area contributed by atoms with E-state index in [2.05, 4.69) is 4.98 Å². The molecule has 7 heteroatoms. The lowest BCUT2D eigenvalue weighted by Crippen LogP contribution is -2.18. The van der Waals surface area contributed by atoms with E-state index in [0.29, 0.717) is 17.1 Å². The molecular formula is C14H13N3O3S. The molecule has 0 saturated carbocycles. The second-order valence-electron chi connectivity index (χ2n) is 4.49. The maximum absolute atomic E-state index is 11.2. The van der Waals surface area contributed by atoms with Crippen LogP contribution in [0.4, 0.5) is 5.69 Å². The maximum Gasteiger partial charge on any atom is 0.248 e. The second kappa shape index (κ2) is 5.27. The molecule has 1 atom stereocenters. The van der Waals surface area contributed by atoms with Crippen LogP contribution in [-0.4, -0.2) is 23.2 Å². The van der Waals surface area contributed by atoms with Crippen molar-refractivity contribution in [3.63, 3.8) is 0 Å². The molecular weight excluding hydrogens is 290 g/mol. The number of ether oxygens (including phenoxy) is 1. The Balaban J connectivity index is 1.95. The van der Waals surface area contributed by atoms with Crippen molar-refractivity contribution in [3.8, 4) is 5.88 Å². The number of primary amides is 1. The maximum atomic E-state index is 11.2. The molecule has 3 N–H and O–H groups in total. The molecule has 1 aromatic heterocycles. The summed E-state index contributed by atoms with van der Waals surface area (Å²) >= 11 is 1.43. The summed E-state index contributed by atoms with van der Waals surface area (Å²) < 4.78 is 5.10. The minimum Gasteiger partial charge on any atom is -0.481 e. The lowest BCUT2D eigenvalue weighted by Gasteiger charge is -2.19. The van der Waals surface area contributed by atoms with Crippen LogP contribution in [0.15, 0.2) is 41.4 Å². The van der Waals surface area contributed by atoms with Gasteiger partial charge in [0.2, 0.25) is 11.8 Å². The summed E-state index contributed by atoms with van der Waals surface area (Å²) in [6.07, 6.45) is 1.63. The lowest BCUT2D eigenvalue weighted by molar-refractivity contribution is 0.1000. The summed E-state index contributed by atoms with van der Waals surface area (Å²) in [5.74, 6) is -0.00722. The van der Waals surface area contributed by atoms with E-state index < -0.39 is 5.91 Å². The van der Waals surface area contributed by atoms with Crippen LogP contribution < -0.4 is 15.5 Å². The third kappa shape index (κ3) is 2.41. The lowest BCUT2D eigenvalue weighted by atomic mass is 10.2. The number of fused-ring (bicyclic) bond motifs is 1. The number of amides is 1. The van der Waals surface area contributed by atoms with Crippen LogP contribution in [0.25, 0.3) is 0 Å². The molecule has 108 valence electrons. The van der Waals surface area contributed by atoms with Crippen molar-refractivity contribution in [2.75, 3.05) is 12.2 Å². The van der Waals surface area contributed by atoms with Gasteiger partial charge in [-0.25, -0.2) is 10.0 Å². The third-order valence-electron chi connectivity index (χ3n) is 3.21. The van der Waals surface area contributed by atoms with Gasteiger partial charge in [-0.15, -0.1) is 0 Å². The van der Waals surface area contributed by atoms with E-state index in [9.17, 15) is 10.0 Å². The van der Waals surface area contributed by atoms with Crippen LogP contribution in [0, 0.1) is 0 Å². The van der Waals surface area contributed by atoms with Crippen LogP contribution in [0.1, 0.15) is 21.3 Å². The predicted octanol–water partition coefficient (Wildman–Crippen LogP) is 2.19. The monoisotopic (exact) mass is 303 g/mol. The van der Waals surface area contributed by atoms with E-state index in [-0.39, 0.29) is 5.37 Å². The first-order valence-electron chi connectivity index (χ1n) is 6.18. The molecule has 2 heterocycles. The number of benzene rings is 1. The fourth-order valence-electron chi connectivity index (χ4n) is 2.15. The first kappa shape index (κ1) is 13.7. The number of aromatic nitrogens is 1. The first-order chi connectivity index (χ1) is 10.1. The Morgan fingerprint density at radius 3 is 2.95 bits per heavy atom. The highest BCUT2D eigenvalue weighted by molar-refractivity contribution is 8.00. The van der Waals surface area contributed by atoms with Gasteiger partial charge in [0, 0.05) is 22.7 Å². The van der Waals surface area contributed by atoms with E-state index in [1.165, 1.54) is 16.8 Å². The standard InChI is InChI=1S/C14H13N3O3S/c1-20-12-7-9(4-5-16-12)14-17(19)10-3-2-8(13(15)18)6-11(10)21-14/h2-7,14,19H,1H3,(H2,15,18). The molecule has 0 bridgehead atoms. The molecule has 0 fully saturated rings. The zero-order valence-corrected chi connectivity index (χ0v) is 12.0. The van der Waals surface area contributed by atoms with Gasteiger partial charge in [-0.3, -0.25) is 10.0 Å². The highest BCUT2D eigenvalue weighted by Crippen LogP contribution is 2.50. The molecule has 6 nitrogen and oxygen atoms in total. The Kier molecular flexibility index (Phi) is 3.44. The molecule has 3 rings (SSSR count). The second-order valence-corrected chi connectivity index (χ2v) is 5.62. The number of hydrogen-bond acceptors (Lipinski definition) is 6. The summed E-state index contributed by atoms with van der Waals surface area (Å²) in [6.45, 7) is 0. The molecule has 0 aliphatic carbocycles. The van der Waals surface area contributed by atoms with Crippen molar-refractivity contribution in [2.24, 2.45) is 5.73 Å². The van der Waals surface area contributed by atoms with Crippen molar-refractivity contribution < 1.29 is 14.7 Å². The van der Waals surface area contributed by atoms with Crippen molar-refractivity contribution in [1.29, 1.82) is 0 Å². The zero-order valence-electron chi connectivity index (χ0n) is 11.2. The summed E-state index contributed by atoms with van der Waals surface area (Å²) in [6, 6.07) is 8.54. The number of hydrogen-bond donors (Lipinski definition) is 2. The molecule has 1 aliphatic rings. The normalized spacial score (nSPS) is 16.7. The van der Waals surface area contributed by atoms with Crippen LogP contribution >= 0.6 is 11.8 Å². The van der Waals surface area contributed by atoms with Crippen LogP contribution in [0.5, 0.6) is 5.88 Å². The summed E-state index contributed by atoms with van der Waals surface area (Å²) in [7, 11) is 1.54. The minimum absolute atomic E-state index is 0.319. The Hall–Kier alpha value is -2.25. The third-order valence-corrected chi connectivity index (χ3v) is 4.48. The van der Waals surface area contributed by atoms with Gasteiger partial charge in [0.1, 0.15) is 5.37 Å². The number of carbonyl (C=O) groups excluding carboxylic acids is 1. The summed E-state index contributed by atoms with van der Waals surface area (Å²) in [4.78, 5) is 16.1. The number of thioether (sulfide) groups is 1. The number of nitrogens with zero attached hydrogens (tertiary/aromatic N) is 2. The van der Waals surface area contributed by atoms with Gasteiger partial charge in [-0.2, -0.15) is 0 Å². The molecule has 1 unspecified atom stereocenters. The van der Waals surface area contributed by atoms with E-state index in [0.717, 1.165) is 10.5 Å². The van der Waals surface area contributed by atoms with Crippen molar-refractivity contribution >= 4 is 23.4 Å². The Bertz CT molecular complexity index is 708. The van der Waals surface area contributed by atoms with Gasteiger partial charge in [-0.05, 0) is 29.8 Å². The van der Waals surface area contributed by atoms with E-state index in [4.69, 9.17) is 10.5 Å². The number of hydroxylamine groups is 1. The Morgan fingerprint density at radius 2 is 2.24 bits per heavy atom. The fourth-order valence-corrected chi connectivity index (χ4v) is 3.36. The number of nitrogens with two attached hydrogens (primary N) is 1. The highest BCUT2D eigenvalue weighted by atomic mass is 32.2. The number of anilines is 1. The Morgan fingerprint density at radius 1 is 1.43 bits per heavy atom. The van der Waals surface area contributed by atoms with Gasteiger partial charge in [0.25, 0.3) is 0 Å². The molecule has 0 spiro atoms. The van der Waals surface area contributed by atoms with E-state index in [1.54, 1.807) is 37.6 Å². The fraction of sp³-hybridized carbons (Fsp3) is 0.143. The molecule has 1 aliphatic heterocycles. The minimum atomic E-state index is -0.489. The van der Waals surface area contributed by atoms with Gasteiger partial charge >= 0.3 is 0 Å². The average Bonchev–Trinajstić information content (AvgIpc) is 2.84. The summed E-state index contributed by atoms with van der Waals surface area (Å²) in [5.41, 5.74) is 7.19. The van der Waals surface area contributed by atoms with Crippen LogP contribution in [0.3, 0.4) is 0 Å². The van der Waals surface area contributed by atoms with E-state index >= 15 is 0 Å². The number of pyridine rings is 1. The number of methoxy groups -OCH3 is 1. The molecule has 21 heavy (non-hydrogen) atoms. The largest absolute Gasteiger partial charge is 0.481 e. The van der Waals surface area contributed by atoms with Crippen molar-refractivity contribution in [3.05, 3.63) is 47.7 Å². The van der Waals surface area contributed by atoms with Gasteiger partial charge in [-0.1, -0.05) is 11.8 Å². The van der Waals surface area contributed by atoms with Crippen molar-refractivity contribution in [2.45, 2.75) is 10.3 Å².